The van der Waals surface area contributed by atoms with Crippen molar-refractivity contribution in [1.82, 2.24) is 24.9 Å². The molecule has 1 N–H and O–H groups in total. The van der Waals surface area contributed by atoms with E-state index >= 15 is 0 Å². The topological polar surface area (TPSA) is 64.7 Å². The quantitative estimate of drug-likeness (QED) is 0.870. The molecule has 0 saturated carbocycles. The Morgan fingerprint density at radius 1 is 1.36 bits per heavy atom. The van der Waals surface area contributed by atoms with Crippen LogP contribution in [0.25, 0.3) is 0 Å². The highest BCUT2D eigenvalue weighted by Crippen LogP contribution is 2.35. The standard InChI is InChI=1S/C15H19ClF3N5O/c1-8(11-7-20-23(4)9(11)2)21-12(25)5-6-24-10(3)13(16)14(22-24)15(17,18)19/h7-8H,5-6H2,1-4H3,(H,21,25). The molecule has 2 aromatic heterocycles. The molecule has 2 aromatic rings. The average molecular weight is 378 g/mol. The maximum absolute atomic E-state index is 12.8. The molecule has 0 fully saturated rings. The summed E-state index contributed by atoms with van der Waals surface area (Å²) in [5.41, 5.74) is 0.857. The Bertz CT molecular complexity index is 781. The largest absolute Gasteiger partial charge is 0.436 e. The first kappa shape index (κ1) is 19.3. The zero-order chi connectivity index (χ0) is 18.9. The Morgan fingerprint density at radius 2 is 2.00 bits per heavy atom. The van der Waals surface area contributed by atoms with Gasteiger partial charge >= 0.3 is 6.18 Å². The van der Waals surface area contributed by atoms with Crippen LogP contribution in [0, 0.1) is 13.8 Å². The van der Waals surface area contributed by atoms with Crippen LogP contribution in [0.4, 0.5) is 13.2 Å². The van der Waals surface area contributed by atoms with Crippen LogP contribution in [-0.2, 0) is 24.6 Å². The zero-order valence-corrected chi connectivity index (χ0v) is 15.0. The number of hydrogen-bond donors (Lipinski definition) is 1. The number of aryl methyl sites for hydroxylation is 2. The van der Waals surface area contributed by atoms with Crippen LogP contribution in [0.3, 0.4) is 0 Å². The molecule has 0 saturated heterocycles. The monoisotopic (exact) mass is 377 g/mol. The molecule has 1 amide bonds. The van der Waals surface area contributed by atoms with Crippen LogP contribution < -0.4 is 5.32 Å². The molecule has 0 aliphatic heterocycles. The predicted octanol–water partition coefficient (Wildman–Crippen LogP) is 3.17. The number of carbonyl (C=O) groups excluding carboxylic acids is 1. The minimum Gasteiger partial charge on any atom is -0.349 e. The number of carbonyl (C=O) groups is 1. The third-order valence-corrected chi connectivity index (χ3v) is 4.52. The molecule has 2 heterocycles. The van der Waals surface area contributed by atoms with Gasteiger partial charge in [0.05, 0.1) is 29.5 Å². The van der Waals surface area contributed by atoms with Gasteiger partial charge in [0.25, 0.3) is 0 Å². The maximum atomic E-state index is 12.8. The van der Waals surface area contributed by atoms with E-state index < -0.39 is 16.9 Å². The van der Waals surface area contributed by atoms with Crippen molar-refractivity contribution in [3.8, 4) is 0 Å². The number of alkyl halides is 3. The van der Waals surface area contributed by atoms with E-state index in [1.165, 1.54) is 6.92 Å². The molecule has 0 aliphatic carbocycles. The van der Waals surface area contributed by atoms with E-state index in [-0.39, 0.29) is 30.6 Å². The van der Waals surface area contributed by atoms with Crippen LogP contribution in [0.5, 0.6) is 0 Å². The van der Waals surface area contributed by atoms with Crippen LogP contribution in [0.1, 0.15) is 42.0 Å². The first-order chi connectivity index (χ1) is 11.5. The fourth-order valence-corrected chi connectivity index (χ4v) is 2.71. The molecule has 0 aromatic carbocycles. The molecule has 0 bridgehead atoms. The molecular formula is C15H19ClF3N5O. The number of nitrogens with zero attached hydrogens (tertiary/aromatic N) is 4. The molecule has 0 radical (unpaired) electrons. The van der Waals surface area contributed by atoms with E-state index in [1.54, 1.807) is 17.9 Å². The lowest BCUT2D eigenvalue weighted by Gasteiger charge is -2.14. The minimum atomic E-state index is -4.62. The summed E-state index contributed by atoms with van der Waals surface area (Å²) >= 11 is 5.68. The molecule has 138 valence electrons. The summed E-state index contributed by atoms with van der Waals surface area (Å²) in [5, 5.41) is 9.95. The molecule has 2 rings (SSSR count). The summed E-state index contributed by atoms with van der Waals surface area (Å²) in [4.78, 5) is 12.1. The van der Waals surface area contributed by atoms with Gasteiger partial charge in [0.2, 0.25) is 5.91 Å². The molecular weight excluding hydrogens is 359 g/mol. The van der Waals surface area contributed by atoms with E-state index in [0.29, 0.717) is 0 Å². The molecule has 0 aliphatic rings. The third kappa shape index (κ3) is 4.15. The van der Waals surface area contributed by atoms with Crippen molar-refractivity contribution in [2.75, 3.05) is 0 Å². The Balaban J connectivity index is 2.00. The van der Waals surface area contributed by atoms with E-state index in [1.807, 2.05) is 13.8 Å². The predicted molar refractivity (Wildman–Crippen MR) is 86.1 cm³/mol. The van der Waals surface area contributed by atoms with Crippen molar-refractivity contribution in [2.24, 2.45) is 7.05 Å². The summed E-state index contributed by atoms with van der Waals surface area (Å²) in [6.07, 6.45) is -2.96. The molecule has 1 unspecified atom stereocenters. The number of nitrogens with one attached hydrogen (secondary N) is 1. The molecule has 10 heteroatoms. The summed E-state index contributed by atoms with van der Waals surface area (Å²) in [5.74, 6) is -0.296. The van der Waals surface area contributed by atoms with Crippen LogP contribution in [-0.4, -0.2) is 25.5 Å². The summed E-state index contributed by atoms with van der Waals surface area (Å²) in [6, 6.07) is -0.255. The second kappa shape index (κ2) is 7.07. The van der Waals surface area contributed by atoms with Crippen LogP contribution in [0.2, 0.25) is 5.02 Å². The van der Waals surface area contributed by atoms with Gasteiger partial charge in [-0.1, -0.05) is 11.6 Å². The van der Waals surface area contributed by atoms with Crippen molar-refractivity contribution in [2.45, 2.75) is 46.0 Å². The first-order valence-electron chi connectivity index (χ1n) is 7.60. The van der Waals surface area contributed by atoms with Gasteiger partial charge in [-0.3, -0.25) is 14.2 Å². The normalized spacial score (nSPS) is 13.1. The zero-order valence-electron chi connectivity index (χ0n) is 14.3. The fraction of sp³-hybridized carbons (Fsp3) is 0.533. The molecule has 25 heavy (non-hydrogen) atoms. The van der Waals surface area contributed by atoms with Gasteiger partial charge in [-0.2, -0.15) is 23.4 Å². The van der Waals surface area contributed by atoms with Gasteiger partial charge in [0.1, 0.15) is 0 Å². The van der Waals surface area contributed by atoms with E-state index in [9.17, 15) is 18.0 Å². The van der Waals surface area contributed by atoms with Gasteiger partial charge < -0.3 is 5.32 Å². The Hall–Kier alpha value is -2.03. The number of hydrogen-bond acceptors (Lipinski definition) is 3. The van der Waals surface area contributed by atoms with Gasteiger partial charge in [0, 0.05) is 24.7 Å². The van der Waals surface area contributed by atoms with E-state index in [2.05, 4.69) is 15.5 Å². The molecule has 1 atom stereocenters. The SMILES string of the molecule is Cc1c(C(C)NC(=O)CCn2nc(C(F)(F)F)c(Cl)c2C)cnn1C. The lowest BCUT2D eigenvalue weighted by atomic mass is 10.1. The lowest BCUT2D eigenvalue weighted by molar-refractivity contribution is -0.141. The van der Waals surface area contributed by atoms with E-state index in [0.717, 1.165) is 15.9 Å². The van der Waals surface area contributed by atoms with Gasteiger partial charge in [0.15, 0.2) is 5.69 Å². The van der Waals surface area contributed by atoms with Crippen molar-refractivity contribution in [1.29, 1.82) is 0 Å². The number of aromatic nitrogens is 4. The van der Waals surface area contributed by atoms with Crippen molar-refractivity contribution >= 4 is 17.5 Å². The lowest BCUT2D eigenvalue weighted by Crippen LogP contribution is -2.28. The van der Waals surface area contributed by atoms with Gasteiger partial charge in [-0.05, 0) is 20.8 Å². The number of rotatable bonds is 5. The highest BCUT2D eigenvalue weighted by atomic mass is 35.5. The van der Waals surface area contributed by atoms with E-state index in [4.69, 9.17) is 11.6 Å². The smallest absolute Gasteiger partial charge is 0.349 e. The van der Waals surface area contributed by atoms with Crippen molar-refractivity contribution in [3.63, 3.8) is 0 Å². The second-order valence-electron chi connectivity index (χ2n) is 5.82. The van der Waals surface area contributed by atoms with Crippen molar-refractivity contribution < 1.29 is 18.0 Å². The highest BCUT2D eigenvalue weighted by molar-refractivity contribution is 6.31. The summed E-state index contributed by atoms with van der Waals surface area (Å²) in [6.45, 7) is 5.15. The van der Waals surface area contributed by atoms with Crippen molar-refractivity contribution in [3.05, 3.63) is 33.9 Å². The van der Waals surface area contributed by atoms with Gasteiger partial charge in [-0.25, -0.2) is 0 Å². The second-order valence-corrected chi connectivity index (χ2v) is 6.19. The maximum Gasteiger partial charge on any atom is 0.436 e. The number of amides is 1. The third-order valence-electron chi connectivity index (χ3n) is 4.07. The minimum absolute atomic E-state index is 0.00616. The average Bonchev–Trinajstić information content (AvgIpc) is 2.98. The Labute approximate surface area is 147 Å². The highest BCUT2D eigenvalue weighted by Gasteiger charge is 2.38. The molecule has 0 spiro atoms. The Kier molecular flexibility index (Phi) is 5.46. The fourth-order valence-electron chi connectivity index (χ4n) is 2.46. The first-order valence-corrected chi connectivity index (χ1v) is 7.98. The van der Waals surface area contributed by atoms with Crippen LogP contribution in [0.15, 0.2) is 6.20 Å². The summed E-state index contributed by atoms with van der Waals surface area (Å²) in [7, 11) is 1.80. The summed E-state index contributed by atoms with van der Waals surface area (Å²) < 4.78 is 41.2. The Morgan fingerprint density at radius 3 is 2.48 bits per heavy atom. The van der Waals surface area contributed by atoms with Crippen LogP contribution >= 0.6 is 11.6 Å². The molecule has 6 nitrogen and oxygen atoms in total. The van der Waals surface area contributed by atoms with Gasteiger partial charge in [-0.15, -0.1) is 0 Å². The number of halogens is 4.